The van der Waals surface area contributed by atoms with Crippen LogP contribution in [0.4, 0.5) is 0 Å². The average molecular weight is 239 g/mol. The van der Waals surface area contributed by atoms with Crippen LogP contribution >= 0.6 is 11.6 Å². The average Bonchev–Trinajstić information content (AvgIpc) is 2.22. The van der Waals surface area contributed by atoms with Crippen molar-refractivity contribution in [1.29, 1.82) is 0 Å². The van der Waals surface area contributed by atoms with E-state index in [1.165, 1.54) is 10.9 Å². The highest BCUT2D eigenvalue weighted by Crippen LogP contribution is 2.13. The van der Waals surface area contributed by atoms with Gasteiger partial charge in [-0.15, -0.1) is 0 Å². The van der Waals surface area contributed by atoms with Gasteiger partial charge in [0.25, 0.3) is 5.56 Å². The number of benzene rings is 1. The number of halogens is 1. The summed E-state index contributed by atoms with van der Waals surface area (Å²) < 4.78 is 1.38. The van der Waals surface area contributed by atoms with Gasteiger partial charge in [-0.25, -0.2) is 4.98 Å². The number of hydrogen-bond acceptors (Lipinski definition) is 3. The third kappa shape index (κ3) is 2.08. The second-order valence-corrected chi connectivity index (χ2v) is 4.15. The maximum Gasteiger partial charge on any atom is 0.261 e. The summed E-state index contributed by atoms with van der Waals surface area (Å²) in [6.07, 6.45) is 0.849. The Labute approximate surface area is 97.1 Å². The van der Waals surface area contributed by atoms with Gasteiger partial charge in [0, 0.05) is 5.02 Å². The van der Waals surface area contributed by atoms with Crippen LogP contribution < -0.4 is 5.56 Å². The van der Waals surface area contributed by atoms with Crippen LogP contribution in [0, 0.1) is 0 Å². The standard InChI is InChI=1S/C11H11ClN2O2/c1-7(15)5-14-6-13-10-3-2-8(12)4-9(10)11(14)16/h2-4,6-7,15H,5H2,1H3. The van der Waals surface area contributed by atoms with Gasteiger partial charge in [0.2, 0.25) is 0 Å². The summed E-state index contributed by atoms with van der Waals surface area (Å²) in [7, 11) is 0. The Morgan fingerprint density at radius 2 is 2.31 bits per heavy atom. The molecule has 0 bridgehead atoms. The molecule has 1 aromatic carbocycles. The summed E-state index contributed by atoms with van der Waals surface area (Å²) in [6.45, 7) is 1.85. The van der Waals surface area contributed by atoms with Crippen molar-refractivity contribution in [2.75, 3.05) is 0 Å². The maximum absolute atomic E-state index is 12.0. The first-order valence-corrected chi connectivity index (χ1v) is 5.28. The molecule has 84 valence electrons. The van der Waals surface area contributed by atoms with Crippen LogP contribution in [0.3, 0.4) is 0 Å². The van der Waals surface area contributed by atoms with E-state index in [1.807, 2.05) is 0 Å². The van der Waals surface area contributed by atoms with E-state index in [4.69, 9.17) is 11.6 Å². The van der Waals surface area contributed by atoms with Crippen LogP contribution in [0.1, 0.15) is 6.92 Å². The maximum atomic E-state index is 12.0. The smallest absolute Gasteiger partial charge is 0.261 e. The zero-order valence-electron chi connectivity index (χ0n) is 8.72. The summed E-state index contributed by atoms with van der Waals surface area (Å²) in [5.41, 5.74) is 0.421. The van der Waals surface area contributed by atoms with Crippen molar-refractivity contribution in [3.05, 3.63) is 39.9 Å². The van der Waals surface area contributed by atoms with Crippen molar-refractivity contribution in [3.8, 4) is 0 Å². The highest BCUT2D eigenvalue weighted by atomic mass is 35.5. The van der Waals surface area contributed by atoms with E-state index < -0.39 is 6.10 Å². The predicted molar refractivity (Wildman–Crippen MR) is 62.7 cm³/mol. The molecule has 2 rings (SSSR count). The van der Waals surface area contributed by atoms with E-state index >= 15 is 0 Å². The van der Waals surface area contributed by atoms with E-state index in [1.54, 1.807) is 25.1 Å². The molecule has 2 aromatic rings. The SMILES string of the molecule is CC(O)Cn1cnc2ccc(Cl)cc2c1=O. The normalized spacial score (nSPS) is 12.9. The molecule has 1 N–H and O–H groups in total. The molecule has 0 aliphatic carbocycles. The zero-order chi connectivity index (χ0) is 11.7. The summed E-state index contributed by atoms with van der Waals surface area (Å²) >= 11 is 5.82. The number of nitrogens with zero attached hydrogens (tertiary/aromatic N) is 2. The molecule has 0 saturated heterocycles. The lowest BCUT2D eigenvalue weighted by molar-refractivity contribution is 0.172. The Hall–Kier alpha value is -1.39. The second-order valence-electron chi connectivity index (χ2n) is 3.71. The monoisotopic (exact) mass is 238 g/mol. The van der Waals surface area contributed by atoms with Crippen molar-refractivity contribution in [1.82, 2.24) is 9.55 Å². The lowest BCUT2D eigenvalue weighted by Crippen LogP contribution is -2.25. The van der Waals surface area contributed by atoms with Crippen LogP contribution in [0.15, 0.2) is 29.3 Å². The molecule has 0 saturated carbocycles. The quantitative estimate of drug-likeness (QED) is 0.861. The van der Waals surface area contributed by atoms with Gasteiger partial charge >= 0.3 is 0 Å². The fourth-order valence-corrected chi connectivity index (χ4v) is 1.72. The second kappa shape index (κ2) is 4.23. The van der Waals surface area contributed by atoms with Gasteiger partial charge in [0.05, 0.1) is 29.9 Å². The molecule has 1 heterocycles. The van der Waals surface area contributed by atoms with Gasteiger partial charge in [-0.2, -0.15) is 0 Å². The van der Waals surface area contributed by atoms with Crippen molar-refractivity contribution in [2.24, 2.45) is 0 Å². The fourth-order valence-electron chi connectivity index (χ4n) is 1.55. The first-order valence-electron chi connectivity index (χ1n) is 4.90. The molecular weight excluding hydrogens is 228 g/mol. The fraction of sp³-hybridized carbons (Fsp3) is 0.273. The van der Waals surface area contributed by atoms with Crippen molar-refractivity contribution >= 4 is 22.5 Å². The van der Waals surface area contributed by atoms with Gasteiger partial charge in [-0.1, -0.05) is 11.6 Å². The molecule has 1 aromatic heterocycles. The van der Waals surface area contributed by atoms with Gasteiger partial charge in [0.15, 0.2) is 0 Å². The molecule has 0 radical (unpaired) electrons. The summed E-state index contributed by atoms with van der Waals surface area (Å²) in [5.74, 6) is 0. The molecule has 4 nitrogen and oxygen atoms in total. The molecular formula is C11H11ClN2O2. The first kappa shape index (κ1) is 11.1. The van der Waals surface area contributed by atoms with Crippen molar-refractivity contribution in [2.45, 2.75) is 19.6 Å². The molecule has 0 aliphatic heterocycles. The summed E-state index contributed by atoms with van der Waals surface area (Å²) in [6, 6.07) is 4.98. The Kier molecular flexibility index (Phi) is 2.94. The summed E-state index contributed by atoms with van der Waals surface area (Å²) in [5, 5.41) is 10.2. The molecule has 0 spiro atoms. The molecule has 5 heteroatoms. The van der Waals surface area contributed by atoms with Crippen molar-refractivity contribution in [3.63, 3.8) is 0 Å². The zero-order valence-corrected chi connectivity index (χ0v) is 9.48. The topological polar surface area (TPSA) is 55.1 Å². The predicted octanol–water partition coefficient (Wildman–Crippen LogP) is 1.43. The Balaban J connectivity index is 2.64. The van der Waals surface area contributed by atoms with Crippen molar-refractivity contribution < 1.29 is 5.11 Å². The number of rotatable bonds is 2. The van der Waals surface area contributed by atoms with Crippen LogP contribution in [0.5, 0.6) is 0 Å². The van der Waals surface area contributed by atoms with Crippen LogP contribution in [0.25, 0.3) is 10.9 Å². The van der Waals surface area contributed by atoms with E-state index in [9.17, 15) is 9.90 Å². The minimum atomic E-state index is -0.587. The lowest BCUT2D eigenvalue weighted by atomic mass is 10.2. The molecule has 1 unspecified atom stereocenters. The molecule has 0 amide bonds. The van der Waals surface area contributed by atoms with Crippen LogP contribution in [-0.2, 0) is 6.54 Å². The number of aliphatic hydroxyl groups excluding tert-OH is 1. The largest absolute Gasteiger partial charge is 0.392 e. The molecule has 16 heavy (non-hydrogen) atoms. The van der Waals surface area contributed by atoms with Crippen LogP contribution in [-0.4, -0.2) is 20.8 Å². The third-order valence-electron chi connectivity index (χ3n) is 2.25. The Morgan fingerprint density at radius 3 is 3.00 bits per heavy atom. The molecule has 1 atom stereocenters. The van der Waals surface area contributed by atoms with Gasteiger partial charge in [0.1, 0.15) is 0 Å². The minimum absolute atomic E-state index is 0.187. The molecule has 0 fully saturated rings. The van der Waals surface area contributed by atoms with E-state index in [2.05, 4.69) is 4.98 Å². The Morgan fingerprint density at radius 1 is 1.56 bits per heavy atom. The number of aliphatic hydroxyl groups is 1. The minimum Gasteiger partial charge on any atom is -0.392 e. The molecule has 0 aliphatic rings. The van der Waals surface area contributed by atoms with E-state index in [0.29, 0.717) is 15.9 Å². The number of aromatic nitrogens is 2. The van der Waals surface area contributed by atoms with Gasteiger partial charge in [-0.3, -0.25) is 9.36 Å². The number of hydrogen-bond donors (Lipinski definition) is 1. The number of fused-ring (bicyclic) bond motifs is 1. The highest BCUT2D eigenvalue weighted by molar-refractivity contribution is 6.31. The van der Waals surface area contributed by atoms with Crippen LogP contribution in [0.2, 0.25) is 5.02 Å². The lowest BCUT2D eigenvalue weighted by Gasteiger charge is -2.08. The van der Waals surface area contributed by atoms with E-state index in [0.717, 1.165) is 0 Å². The third-order valence-corrected chi connectivity index (χ3v) is 2.48. The Bertz CT molecular complexity index is 578. The summed E-state index contributed by atoms with van der Waals surface area (Å²) in [4.78, 5) is 16.1. The van der Waals surface area contributed by atoms with Gasteiger partial charge in [-0.05, 0) is 25.1 Å². The highest BCUT2D eigenvalue weighted by Gasteiger charge is 2.06. The van der Waals surface area contributed by atoms with Gasteiger partial charge < -0.3 is 5.11 Å². The van der Waals surface area contributed by atoms with E-state index in [-0.39, 0.29) is 12.1 Å². The first-order chi connectivity index (χ1) is 7.58.